The number of carbonyl (C=O) groups excluding carboxylic acids is 1. The number of aldehydes is 1. The van der Waals surface area contributed by atoms with E-state index in [2.05, 4.69) is 4.98 Å². The summed E-state index contributed by atoms with van der Waals surface area (Å²) in [5, 5.41) is 10.8. The quantitative estimate of drug-likeness (QED) is 0.469. The molecule has 0 N–H and O–H groups in total. The topological polar surface area (TPSA) is 78.0 Å². The summed E-state index contributed by atoms with van der Waals surface area (Å²) in [4.78, 5) is 25.4. The summed E-state index contributed by atoms with van der Waals surface area (Å²) in [5.74, 6) is 0.869. The van der Waals surface area contributed by atoms with Crippen molar-refractivity contribution in [3.05, 3.63) is 52.1 Å². The predicted molar refractivity (Wildman–Crippen MR) is 69.6 cm³/mol. The van der Waals surface area contributed by atoms with E-state index in [0.717, 1.165) is 18.7 Å². The standard InChI is InChI=1S/C13H13N3O3/c1-2-3-13-14-6-7-15(13)11-4-5-12(16(18)19)10(8-11)9-17/h4-9H,2-3H2,1H3. The zero-order valence-electron chi connectivity index (χ0n) is 10.4. The fourth-order valence-corrected chi connectivity index (χ4v) is 1.93. The third kappa shape index (κ3) is 2.52. The van der Waals surface area contributed by atoms with Crippen LogP contribution in [0.15, 0.2) is 30.6 Å². The molecule has 0 saturated carbocycles. The van der Waals surface area contributed by atoms with Gasteiger partial charge in [0.2, 0.25) is 0 Å². The van der Waals surface area contributed by atoms with Crippen molar-refractivity contribution in [2.24, 2.45) is 0 Å². The molecule has 0 aliphatic heterocycles. The second kappa shape index (κ2) is 5.43. The minimum atomic E-state index is -0.561. The molecule has 1 aromatic heterocycles. The lowest BCUT2D eigenvalue weighted by Gasteiger charge is -2.07. The van der Waals surface area contributed by atoms with Crippen LogP contribution < -0.4 is 0 Å². The Hall–Kier alpha value is -2.50. The summed E-state index contributed by atoms with van der Waals surface area (Å²) < 4.78 is 1.83. The number of imidazole rings is 1. The molecule has 0 saturated heterocycles. The molecule has 0 spiro atoms. The summed E-state index contributed by atoms with van der Waals surface area (Å²) in [6, 6.07) is 4.47. The number of carbonyl (C=O) groups is 1. The van der Waals surface area contributed by atoms with Crippen LogP contribution in [-0.2, 0) is 6.42 Å². The number of nitro groups is 1. The zero-order valence-corrected chi connectivity index (χ0v) is 10.4. The highest BCUT2D eigenvalue weighted by Gasteiger charge is 2.14. The Bertz CT molecular complexity index is 619. The zero-order chi connectivity index (χ0) is 13.8. The Morgan fingerprint density at radius 2 is 2.26 bits per heavy atom. The third-order valence-corrected chi connectivity index (χ3v) is 2.80. The van der Waals surface area contributed by atoms with Crippen LogP contribution in [0.25, 0.3) is 5.69 Å². The van der Waals surface area contributed by atoms with Gasteiger partial charge in [-0.2, -0.15) is 0 Å². The van der Waals surface area contributed by atoms with Crippen molar-refractivity contribution in [2.75, 3.05) is 0 Å². The van der Waals surface area contributed by atoms with Crippen molar-refractivity contribution in [1.82, 2.24) is 9.55 Å². The first-order valence-corrected chi connectivity index (χ1v) is 5.93. The molecule has 0 atom stereocenters. The highest BCUT2D eigenvalue weighted by molar-refractivity contribution is 5.82. The average Bonchev–Trinajstić information content (AvgIpc) is 2.86. The van der Waals surface area contributed by atoms with E-state index in [1.54, 1.807) is 18.5 Å². The van der Waals surface area contributed by atoms with Crippen molar-refractivity contribution < 1.29 is 9.72 Å². The highest BCUT2D eigenvalue weighted by atomic mass is 16.6. The smallest absolute Gasteiger partial charge is 0.280 e. The van der Waals surface area contributed by atoms with E-state index in [0.29, 0.717) is 12.0 Å². The van der Waals surface area contributed by atoms with E-state index in [1.165, 1.54) is 12.1 Å². The summed E-state index contributed by atoms with van der Waals surface area (Å²) >= 11 is 0. The van der Waals surface area contributed by atoms with Gasteiger partial charge in [-0.25, -0.2) is 4.98 Å². The number of nitrogens with zero attached hydrogens (tertiary/aromatic N) is 3. The van der Waals surface area contributed by atoms with Crippen LogP contribution in [-0.4, -0.2) is 20.8 Å². The van der Waals surface area contributed by atoms with Crippen LogP contribution in [0.1, 0.15) is 29.5 Å². The van der Waals surface area contributed by atoms with Crippen molar-refractivity contribution in [1.29, 1.82) is 0 Å². The van der Waals surface area contributed by atoms with Gasteiger partial charge in [-0.3, -0.25) is 14.9 Å². The molecule has 0 aliphatic carbocycles. The number of hydrogen-bond donors (Lipinski definition) is 0. The largest absolute Gasteiger partial charge is 0.304 e. The normalized spacial score (nSPS) is 10.4. The lowest BCUT2D eigenvalue weighted by Crippen LogP contribution is -2.02. The molecule has 6 nitrogen and oxygen atoms in total. The number of aromatic nitrogens is 2. The molecular weight excluding hydrogens is 246 g/mol. The Morgan fingerprint density at radius 1 is 1.47 bits per heavy atom. The van der Waals surface area contributed by atoms with Crippen LogP contribution >= 0.6 is 0 Å². The first-order chi connectivity index (χ1) is 9.17. The predicted octanol–water partition coefficient (Wildman–Crippen LogP) is 2.55. The first kappa shape index (κ1) is 12.9. The molecule has 2 aromatic rings. The summed E-state index contributed by atoms with van der Waals surface area (Å²) in [6.07, 6.45) is 5.71. The Morgan fingerprint density at radius 3 is 2.89 bits per heavy atom. The van der Waals surface area contributed by atoms with Crippen molar-refractivity contribution in [3.63, 3.8) is 0 Å². The maximum Gasteiger partial charge on any atom is 0.280 e. The molecule has 6 heteroatoms. The van der Waals surface area contributed by atoms with Gasteiger partial charge in [0.25, 0.3) is 5.69 Å². The molecule has 1 heterocycles. The van der Waals surface area contributed by atoms with Gasteiger partial charge in [-0.1, -0.05) is 6.92 Å². The molecule has 98 valence electrons. The van der Waals surface area contributed by atoms with Gasteiger partial charge in [0.1, 0.15) is 5.82 Å². The third-order valence-electron chi connectivity index (χ3n) is 2.80. The molecular formula is C13H13N3O3. The van der Waals surface area contributed by atoms with E-state index >= 15 is 0 Å². The second-order valence-electron chi connectivity index (χ2n) is 4.08. The summed E-state index contributed by atoms with van der Waals surface area (Å²) in [6.45, 7) is 2.05. The molecule has 0 radical (unpaired) electrons. The summed E-state index contributed by atoms with van der Waals surface area (Å²) in [7, 11) is 0. The monoisotopic (exact) mass is 259 g/mol. The molecule has 0 unspecified atom stereocenters. The molecule has 0 aliphatic rings. The highest BCUT2D eigenvalue weighted by Crippen LogP contribution is 2.21. The van der Waals surface area contributed by atoms with E-state index in [1.807, 2.05) is 11.5 Å². The Labute approximate surface area is 109 Å². The van der Waals surface area contributed by atoms with Crippen LogP contribution in [0.4, 0.5) is 5.69 Å². The number of benzene rings is 1. The number of aryl methyl sites for hydroxylation is 1. The number of nitro benzene ring substituents is 1. The minimum Gasteiger partial charge on any atom is -0.304 e. The molecule has 2 rings (SSSR count). The number of rotatable bonds is 5. The molecule has 0 bridgehead atoms. The van der Waals surface area contributed by atoms with Gasteiger partial charge in [-0.05, 0) is 18.6 Å². The van der Waals surface area contributed by atoms with Crippen LogP contribution in [0.2, 0.25) is 0 Å². The summed E-state index contributed by atoms with van der Waals surface area (Å²) in [5.41, 5.74) is 0.586. The van der Waals surface area contributed by atoms with E-state index in [-0.39, 0.29) is 11.3 Å². The second-order valence-corrected chi connectivity index (χ2v) is 4.08. The van der Waals surface area contributed by atoms with E-state index < -0.39 is 4.92 Å². The van der Waals surface area contributed by atoms with E-state index in [9.17, 15) is 14.9 Å². The molecule has 0 fully saturated rings. The van der Waals surface area contributed by atoms with Crippen molar-refractivity contribution >= 4 is 12.0 Å². The first-order valence-electron chi connectivity index (χ1n) is 5.93. The van der Waals surface area contributed by atoms with E-state index in [4.69, 9.17) is 0 Å². The van der Waals surface area contributed by atoms with Crippen molar-refractivity contribution in [2.45, 2.75) is 19.8 Å². The van der Waals surface area contributed by atoms with Gasteiger partial charge in [0.05, 0.1) is 10.5 Å². The number of hydrogen-bond acceptors (Lipinski definition) is 4. The maximum atomic E-state index is 10.9. The van der Waals surface area contributed by atoms with Crippen LogP contribution in [0.5, 0.6) is 0 Å². The van der Waals surface area contributed by atoms with Crippen LogP contribution in [0, 0.1) is 10.1 Å². The molecule has 19 heavy (non-hydrogen) atoms. The van der Waals surface area contributed by atoms with Gasteiger partial charge < -0.3 is 4.57 Å². The minimum absolute atomic E-state index is 0.0682. The average molecular weight is 259 g/mol. The van der Waals surface area contributed by atoms with Crippen molar-refractivity contribution in [3.8, 4) is 5.69 Å². The van der Waals surface area contributed by atoms with Gasteiger partial charge in [0.15, 0.2) is 6.29 Å². The molecule has 1 aromatic carbocycles. The maximum absolute atomic E-state index is 10.9. The lowest BCUT2D eigenvalue weighted by molar-refractivity contribution is -0.385. The van der Waals surface area contributed by atoms with Crippen LogP contribution in [0.3, 0.4) is 0 Å². The van der Waals surface area contributed by atoms with Gasteiger partial charge in [-0.15, -0.1) is 0 Å². The van der Waals surface area contributed by atoms with Gasteiger partial charge >= 0.3 is 0 Å². The Balaban J connectivity index is 2.48. The van der Waals surface area contributed by atoms with Gasteiger partial charge in [0, 0.05) is 30.6 Å². The SMILES string of the molecule is CCCc1nccn1-c1ccc([N+](=O)[O-])c(C=O)c1. The lowest BCUT2D eigenvalue weighted by atomic mass is 10.1. The molecule has 0 amide bonds. The Kier molecular flexibility index (Phi) is 3.70. The fraction of sp³-hybridized carbons (Fsp3) is 0.231. The fourth-order valence-electron chi connectivity index (χ4n) is 1.93.